The van der Waals surface area contributed by atoms with Crippen molar-refractivity contribution in [3.63, 3.8) is 0 Å². The van der Waals surface area contributed by atoms with Crippen molar-refractivity contribution in [2.75, 3.05) is 55.7 Å². The summed E-state index contributed by atoms with van der Waals surface area (Å²) in [5.74, 6) is 3.79. The maximum atomic E-state index is 12.1. The quantitative estimate of drug-likeness (QED) is 0.108. The number of benzene rings is 2. The van der Waals surface area contributed by atoms with Gasteiger partial charge in [0, 0.05) is 42.4 Å². The summed E-state index contributed by atoms with van der Waals surface area (Å²) < 4.78 is 32.8. The van der Waals surface area contributed by atoms with Crippen LogP contribution in [0.15, 0.2) is 29.8 Å². The summed E-state index contributed by atoms with van der Waals surface area (Å²) in [4.78, 5) is 21.5. The molecule has 0 amide bonds. The normalized spacial score (nSPS) is 12.0. The van der Waals surface area contributed by atoms with Crippen LogP contribution in [-0.2, 0) is 0 Å². The molecule has 48 heavy (non-hydrogen) atoms. The Morgan fingerprint density at radius 3 is 1.56 bits per heavy atom. The molecule has 0 atom stereocenters. The standard InChI is InChI=1S/C22H32N2O3.C16H21NO4/c1-6-8-12-24(11-7-2)20(15-9-10-15)18-13-16-17(23-18)14-19(25-3)22(27-5)21(16)26-4;1-5-6-7-13(18)12-8-10-11(17-12)9-14(19-2)16(21-4)15(10)20-3/h13-14,23H,6-12H2,1-5H3;8-9,17H,5-7H2,1-4H3. The number of carbonyl (C=O) groups excluding carboxylic acids is 1. The number of rotatable bonds is 17. The summed E-state index contributed by atoms with van der Waals surface area (Å²) in [6.07, 6.45) is 8.38. The van der Waals surface area contributed by atoms with Gasteiger partial charge in [0.15, 0.2) is 28.8 Å². The first-order chi connectivity index (χ1) is 23.3. The first-order valence-electron chi connectivity index (χ1n) is 17.0. The van der Waals surface area contributed by atoms with E-state index in [0.29, 0.717) is 46.6 Å². The van der Waals surface area contributed by atoms with Crippen molar-refractivity contribution in [3.8, 4) is 34.5 Å². The number of methoxy groups -OCH3 is 6. The Morgan fingerprint density at radius 2 is 1.12 bits per heavy atom. The molecule has 2 N–H and O–H groups in total. The molecule has 1 saturated carbocycles. The molecular weight excluding hydrogens is 610 g/mol. The smallest absolute Gasteiger partial charge is 0.204 e. The van der Waals surface area contributed by atoms with Crippen LogP contribution in [0.4, 0.5) is 0 Å². The molecule has 1 aliphatic carbocycles. The number of Topliss-reactive ketones (excluding diaryl/α,β-unsaturated/α-hetero) is 1. The molecule has 2 aromatic heterocycles. The average molecular weight is 664 g/mol. The lowest BCUT2D eigenvalue weighted by atomic mass is 10.1. The second-order valence-electron chi connectivity index (χ2n) is 11.9. The number of unbranched alkanes of at least 4 members (excludes halogenated alkanes) is 2. The highest BCUT2D eigenvalue weighted by Crippen LogP contribution is 2.46. The summed E-state index contributed by atoms with van der Waals surface area (Å²) >= 11 is 0. The molecule has 5 rings (SSSR count). The van der Waals surface area contributed by atoms with E-state index < -0.39 is 0 Å². The first kappa shape index (κ1) is 36.4. The Kier molecular flexibility index (Phi) is 12.9. The molecule has 262 valence electrons. The number of H-pyrrole nitrogens is 2. The van der Waals surface area contributed by atoms with E-state index in [2.05, 4.69) is 41.7 Å². The summed E-state index contributed by atoms with van der Waals surface area (Å²) in [6.45, 7) is 8.75. The Hall–Kier alpha value is -4.47. The number of ketones is 1. The van der Waals surface area contributed by atoms with Gasteiger partial charge in [0.25, 0.3) is 0 Å². The van der Waals surface area contributed by atoms with E-state index in [0.717, 1.165) is 59.9 Å². The molecule has 0 radical (unpaired) electrons. The third-order valence-corrected chi connectivity index (χ3v) is 8.59. The number of hydrogen-bond acceptors (Lipinski definition) is 8. The molecule has 2 aromatic carbocycles. The second kappa shape index (κ2) is 17.1. The van der Waals surface area contributed by atoms with Crippen LogP contribution < -0.4 is 28.4 Å². The average Bonchev–Trinajstić information content (AvgIpc) is 3.70. The molecule has 2 heterocycles. The predicted molar refractivity (Wildman–Crippen MR) is 193 cm³/mol. The molecule has 1 aliphatic rings. The minimum absolute atomic E-state index is 0.105. The van der Waals surface area contributed by atoms with Gasteiger partial charge in [-0.3, -0.25) is 4.79 Å². The van der Waals surface area contributed by atoms with Crippen LogP contribution in [0.25, 0.3) is 27.5 Å². The third-order valence-electron chi connectivity index (χ3n) is 8.59. The summed E-state index contributed by atoms with van der Waals surface area (Å²) in [6, 6.07) is 7.82. The molecule has 0 bridgehead atoms. The Morgan fingerprint density at radius 1 is 0.625 bits per heavy atom. The number of aromatic nitrogens is 2. The van der Waals surface area contributed by atoms with E-state index in [1.807, 2.05) is 18.2 Å². The van der Waals surface area contributed by atoms with Gasteiger partial charge >= 0.3 is 0 Å². The molecule has 0 saturated heterocycles. The van der Waals surface area contributed by atoms with Crippen molar-refractivity contribution >= 4 is 33.3 Å². The molecule has 0 unspecified atom stereocenters. The fraction of sp³-hybridized carbons (Fsp3) is 0.500. The minimum Gasteiger partial charge on any atom is -0.493 e. The monoisotopic (exact) mass is 663 g/mol. The summed E-state index contributed by atoms with van der Waals surface area (Å²) in [7, 11) is 9.67. The van der Waals surface area contributed by atoms with Crippen LogP contribution in [-0.4, -0.2) is 76.4 Å². The minimum atomic E-state index is 0.105. The summed E-state index contributed by atoms with van der Waals surface area (Å²) in [5, 5.41) is 1.84. The van der Waals surface area contributed by atoms with E-state index in [1.54, 1.807) is 48.2 Å². The largest absolute Gasteiger partial charge is 0.493 e. The van der Waals surface area contributed by atoms with Crippen molar-refractivity contribution < 1.29 is 33.2 Å². The lowest BCUT2D eigenvalue weighted by Gasteiger charge is -2.27. The highest BCUT2D eigenvalue weighted by atomic mass is 16.5. The number of carbonyl (C=O) groups is 1. The van der Waals surface area contributed by atoms with Crippen molar-refractivity contribution in [3.05, 3.63) is 41.2 Å². The summed E-state index contributed by atoms with van der Waals surface area (Å²) in [5.41, 5.74) is 6.47. The number of fused-ring (bicyclic) bond motifs is 2. The topological polar surface area (TPSA) is 107 Å². The van der Waals surface area contributed by atoms with Crippen LogP contribution in [0.1, 0.15) is 88.3 Å². The number of nitrogens with zero attached hydrogens (tertiary/aromatic N) is 1. The van der Waals surface area contributed by atoms with E-state index in [1.165, 1.54) is 31.4 Å². The van der Waals surface area contributed by atoms with E-state index in [4.69, 9.17) is 28.4 Å². The lowest BCUT2D eigenvalue weighted by Crippen LogP contribution is -2.24. The van der Waals surface area contributed by atoms with Crippen LogP contribution in [0.2, 0.25) is 0 Å². The number of allylic oxidation sites excluding steroid dienone is 1. The number of ether oxygens (including phenoxy) is 6. The fourth-order valence-corrected chi connectivity index (χ4v) is 6.09. The molecular formula is C38H53N3O7. The first-order valence-corrected chi connectivity index (χ1v) is 17.0. The zero-order valence-corrected chi connectivity index (χ0v) is 30.2. The second-order valence-corrected chi connectivity index (χ2v) is 11.9. The molecule has 10 heteroatoms. The highest BCUT2D eigenvalue weighted by molar-refractivity contribution is 6.02. The molecule has 0 aliphatic heterocycles. The predicted octanol–water partition coefficient (Wildman–Crippen LogP) is 8.78. The third kappa shape index (κ3) is 7.80. The number of hydrogen-bond donors (Lipinski definition) is 2. The van der Waals surface area contributed by atoms with Gasteiger partial charge in [0.1, 0.15) is 0 Å². The highest BCUT2D eigenvalue weighted by Gasteiger charge is 2.26. The van der Waals surface area contributed by atoms with Gasteiger partial charge in [-0.2, -0.15) is 0 Å². The van der Waals surface area contributed by atoms with Crippen LogP contribution in [0.5, 0.6) is 34.5 Å². The maximum Gasteiger partial charge on any atom is 0.204 e. The van der Waals surface area contributed by atoms with Gasteiger partial charge in [0.2, 0.25) is 11.5 Å². The van der Waals surface area contributed by atoms with E-state index in [9.17, 15) is 4.79 Å². The Balaban J connectivity index is 0.000000224. The van der Waals surface area contributed by atoms with Gasteiger partial charge in [-0.05, 0) is 49.8 Å². The van der Waals surface area contributed by atoms with Crippen molar-refractivity contribution in [2.24, 2.45) is 0 Å². The molecule has 0 spiro atoms. The Labute approximate surface area is 284 Å². The van der Waals surface area contributed by atoms with Crippen molar-refractivity contribution in [2.45, 2.75) is 72.1 Å². The van der Waals surface area contributed by atoms with Crippen LogP contribution in [0, 0.1) is 0 Å². The number of nitrogens with one attached hydrogen (secondary N) is 2. The number of aromatic amines is 2. The van der Waals surface area contributed by atoms with Crippen molar-refractivity contribution in [1.29, 1.82) is 0 Å². The molecule has 4 aromatic rings. The van der Waals surface area contributed by atoms with Gasteiger partial charge in [0.05, 0.1) is 70.8 Å². The molecule has 1 fully saturated rings. The van der Waals surface area contributed by atoms with Crippen molar-refractivity contribution in [1.82, 2.24) is 14.9 Å². The zero-order chi connectivity index (χ0) is 34.8. The fourth-order valence-electron chi connectivity index (χ4n) is 6.09. The van der Waals surface area contributed by atoms with Gasteiger partial charge < -0.3 is 43.3 Å². The van der Waals surface area contributed by atoms with Gasteiger partial charge in [-0.25, -0.2) is 0 Å². The van der Waals surface area contributed by atoms with Crippen LogP contribution in [0.3, 0.4) is 0 Å². The lowest BCUT2D eigenvalue weighted by molar-refractivity contribution is 0.0975. The van der Waals surface area contributed by atoms with E-state index in [-0.39, 0.29) is 5.78 Å². The van der Waals surface area contributed by atoms with Crippen LogP contribution >= 0.6 is 0 Å². The molecule has 10 nitrogen and oxygen atoms in total. The van der Waals surface area contributed by atoms with Gasteiger partial charge in [-0.1, -0.05) is 33.6 Å². The maximum absolute atomic E-state index is 12.1. The SMILES string of the molecule is CCCCC(=O)c1cc2c(OC)c(OC)c(OC)cc2[nH]1.CCCCN(CCC)C(=C1CC1)c1cc2c(OC)c(OC)c(OC)cc2[nH]1. The zero-order valence-electron chi connectivity index (χ0n) is 30.2. The Bertz CT molecular complexity index is 1710. The van der Waals surface area contributed by atoms with E-state index >= 15 is 0 Å². The van der Waals surface area contributed by atoms with Gasteiger partial charge in [-0.15, -0.1) is 0 Å².